The number of nitrogens with zero attached hydrogens (tertiary/aromatic N) is 2. The second-order valence-electron chi connectivity index (χ2n) is 8.81. The van der Waals surface area contributed by atoms with Gasteiger partial charge in [-0.25, -0.2) is 9.78 Å². The number of thiazole rings is 1. The highest BCUT2D eigenvalue weighted by Crippen LogP contribution is 2.29. The maximum absolute atomic E-state index is 13.1. The molecule has 5 rings (SSSR count). The van der Waals surface area contributed by atoms with Crippen molar-refractivity contribution >= 4 is 45.1 Å². The minimum Gasteiger partial charge on any atom is -0.325 e. The highest BCUT2D eigenvalue weighted by molar-refractivity contribution is 7.18. The Hall–Kier alpha value is -4.04. The summed E-state index contributed by atoms with van der Waals surface area (Å²) in [4.78, 5) is 43.8. The molecule has 2 N–H and O–H groups in total. The Kier molecular flexibility index (Phi) is 5.82. The Labute approximate surface area is 206 Å². The normalized spacial score (nSPS) is 17.6. The lowest BCUT2D eigenvalue weighted by Crippen LogP contribution is -2.42. The maximum atomic E-state index is 13.1. The first-order valence-corrected chi connectivity index (χ1v) is 12.1. The summed E-state index contributed by atoms with van der Waals surface area (Å²) >= 11 is 1.67. The molecule has 0 bridgehead atoms. The second kappa shape index (κ2) is 8.96. The third-order valence-corrected chi connectivity index (χ3v) is 7.17. The number of benzene rings is 3. The summed E-state index contributed by atoms with van der Waals surface area (Å²) in [5, 5.41) is 6.53. The van der Waals surface area contributed by atoms with Crippen molar-refractivity contribution in [1.82, 2.24) is 15.2 Å². The molecule has 35 heavy (non-hydrogen) atoms. The number of carbonyl (C=O) groups is 3. The van der Waals surface area contributed by atoms with Gasteiger partial charge < -0.3 is 10.6 Å². The number of amides is 4. The zero-order chi connectivity index (χ0) is 24.6. The number of rotatable bonds is 6. The van der Waals surface area contributed by atoms with Crippen LogP contribution >= 0.6 is 11.3 Å². The number of anilines is 1. The molecule has 1 unspecified atom stereocenters. The molecule has 3 aromatic carbocycles. The van der Waals surface area contributed by atoms with Crippen LogP contribution in [0.4, 0.5) is 10.5 Å². The number of hydrogen-bond donors (Lipinski definition) is 2. The molecule has 4 amide bonds. The van der Waals surface area contributed by atoms with Crippen LogP contribution in [0.2, 0.25) is 0 Å². The Balaban J connectivity index is 1.21. The van der Waals surface area contributed by atoms with E-state index in [1.54, 1.807) is 18.3 Å². The van der Waals surface area contributed by atoms with Crippen LogP contribution in [-0.4, -0.2) is 34.3 Å². The molecule has 176 valence electrons. The van der Waals surface area contributed by atoms with Gasteiger partial charge in [-0.2, -0.15) is 0 Å². The summed E-state index contributed by atoms with van der Waals surface area (Å²) in [7, 11) is 0. The number of fused-ring (bicyclic) bond motifs is 1. The van der Waals surface area contributed by atoms with Crippen LogP contribution < -0.4 is 10.6 Å². The number of para-hydroxylation sites is 1. The van der Waals surface area contributed by atoms with Crippen LogP contribution in [0, 0.1) is 6.92 Å². The molecule has 0 spiro atoms. The van der Waals surface area contributed by atoms with Gasteiger partial charge in [-0.05, 0) is 49.2 Å². The van der Waals surface area contributed by atoms with Gasteiger partial charge in [0.25, 0.3) is 5.91 Å². The standard InChI is InChI=1S/C27H24N4O3S/c1-17-7-11-19(12-8-17)27(2)25(33)31(26(34)30-27)16-23(32)28-20-13-9-18(10-14-20)15-24-29-21-5-3-4-6-22(21)35-24/h3-14H,15-16H2,1-2H3,(H,28,32)(H,30,34). The summed E-state index contributed by atoms with van der Waals surface area (Å²) in [6.07, 6.45) is 0.702. The van der Waals surface area contributed by atoms with Crippen LogP contribution in [0.3, 0.4) is 0 Å². The average molecular weight is 485 g/mol. The first kappa shape index (κ1) is 22.7. The topological polar surface area (TPSA) is 91.4 Å². The molecule has 7 nitrogen and oxygen atoms in total. The molecule has 1 aliphatic heterocycles. The molecule has 0 aliphatic carbocycles. The van der Waals surface area contributed by atoms with Gasteiger partial charge in [0.1, 0.15) is 12.1 Å². The van der Waals surface area contributed by atoms with E-state index in [0.29, 0.717) is 17.7 Å². The highest BCUT2D eigenvalue weighted by Gasteiger charge is 2.49. The number of imide groups is 1. The van der Waals surface area contributed by atoms with Crippen molar-refractivity contribution in [3.05, 3.63) is 94.5 Å². The second-order valence-corrected chi connectivity index (χ2v) is 9.92. The van der Waals surface area contributed by atoms with E-state index in [4.69, 9.17) is 0 Å². The summed E-state index contributed by atoms with van der Waals surface area (Å²) in [6.45, 7) is 3.24. The molecular weight excluding hydrogens is 460 g/mol. The van der Waals surface area contributed by atoms with Gasteiger partial charge in [0, 0.05) is 12.1 Å². The van der Waals surface area contributed by atoms with E-state index in [2.05, 4.69) is 21.7 Å². The fourth-order valence-electron chi connectivity index (χ4n) is 4.14. The number of nitrogens with one attached hydrogen (secondary N) is 2. The largest absolute Gasteiger partial charge is 0.325 e. The van der Waals surface area contributed by atoms with Crippen molar-refractivity contribution in [2.75, 3.05) is 11.9 Å². The molecule has 0 saturated carbocycles. The lowest BCUT2D eigenvalue weighted by atomic mass is 9.91. The van der Waals surface area contributed by atoms with Crippen LogP contribution in [0.1, 0.15) is 28.6 Å². The van der Waals surface area contributed by atoms with Crippen molar-refractivity contribution in [1.29, 1.82) is 0 Å². The van der Waals surface area contributed by atoms with Gasteiger partial charge in [-0.3, -0.25) is 14.5 Å². The van der Waals surface area contributed by atoms with Gasteiger partial charge >= 0.3 is 6.03 Å². The lowest BCUT2D eigenvalue weighted by molar-refractivity contribution is -0.133. The van der Waals surface area contributed by atoms with Crippen molar-refractivity contribution in [3.63, 3.8) is 0 Å². The van der Waals surface area contributed by atoms with E-state index < -0.39 is 23.4 Å². The molecule has 1 aliphatic rings. The molecule has 1 aromatic heterocycles. The minimum absolute atomic E-state index is 0.362. The van der Waals surface area contributed by atoms with Crippen molar-refractivity contribution in [2.45, 2.75) is 25.8 Å². The van der Waals surface area contributed by atoms with E-state index in [9.17, 15) is 14.4 Å². The van der Waals surface area contributed by atoms with E-state index in [1.165, 1.54) is 0 Å². The predicted octanol–water partition coefficient (Wildman–Crippen LogP) is 4.60. The molecule has 4 aromatic rings. The number of aromatic nitrogens is 1. The summed E-state index contributed by atoms with van der Waals surface area (Å²) in [6, 6.07) is 22.3. The minimum atomic E-state index is -1.20. The van der Waals surface area contributed by atoms with E-state index in [-0.39, 0.29) is 6.54 Å². The van der Waals surface area contributed by atoms with E-state index in [1.807, 2.05) is 73.7 Å². The monoisotopic (exact) mass is 484 g/mol. The lowest BCUT2D eigenvalue weighted by Gasteiger charge is -2.22. The number of urea groups is 1. The van der Waals surface area contributed by atoms with Crippen LogP contribution in [-0.2, 0) is 21.5 Å². The molecule has 1 atom stereocenters. The van der Waals surface area contributed by atoms with Gasteiger partial charge in [0.15, 0.2) is 0 Å². The number of carbonyl (C=O) groups excluding carboxylic acids is 3. The first-order valence-electron chi connectivity index (χ1n) is 11.3. The van der Waals surface area contributed by atoms with Gasteiger partial charge in [-0.1, -0.05) is 54.1 Å². The molecule has 1 saturated heterocycles. The summed E-state index contributed by atoms with van der Waals surface area (Å²) in [5.74, 6) is -0.895. The Morgan fingerprint density at radius 3 is 2.46 bits per heavy atom. The Morgan fingerprint density at radius 1 is 1.03 bits per heavy atom. The first-order chi connectivity index (χ1) is 16.8. The van der Waals surface area contributed by atoms with Crippen LogP contribution in [0.15, 0.2) is 72.8 Å². The highest BCUT2D eigenvalue weighted by atomic mass is 32.1. The third-order valence-electron chi connectivity index (χ3n) is 6.14. The van der Waals surface area contributed by atoms with Gasteiger partial charge in [0.05, 0.1) is 15.2 Å². The third kappa shape index (κ3) is 4.52. The van der Waals surface area contributed by atoms with E-state index in [0.717, 1.165) is 31.3 Å². The Morgan fingerprint density at radius 2 is 1.74 bits per heavy atom. The van der Waals surface area contributed by atoms with Crippen molar-refractivity contribution < 1.29 is 14.4 Å². The fourth-order valence-corrected chi connectivity index (χ4v) is 5.14. The SMILES string of the molecule is Cc1ccc(C2(C)NC(=O)N(CC(=O)Nc3ccc(Cc4nc5ccccc5s4)cc3)C2=O)cc1. The Bertz CT molecular complexity index is 1400. The molecule has 1 fully saturated rings. The van der Waals surface area contributed by atoms with E-state index >= 15 is 0 Å². The van der Waals surface area contributed by atoms with Crippen molar-refractivity contribution in [3.8, 4) is 0 Å². The van der Waals surface area contributed by atoms with Gasteiger partial charge in [-0.15, -0.1) is 11.3 Å². The quantitative estimate of drug-likeness (QED) is 0.391. The fraction of sp³-hybridized carbons (Fsp3) is 0.185. The number of aryl methyl sites for hydroxylation is 1. The molecule has 2 heterocycles. The van der Waals surface area contributed by atoms with Crippen LogP contribution in [0.25, 0.3) is 10.2 Å². The number of hydrogen-bond acceptors (Lipinski definition) is 5. The molecular formula is C27H24N4O3S. The van der Waals surface area contributed by atoms with Crippen LogP contribution in [0.5, 0.6) is 0 Å². The predicted molar refractivity (Wildman–Crippen MR) is 136 cm³/mol. The summed E-state index contributed by atoms with van der Waals surface area (Å²) in [5.41, 5.74) is 3.19. The molecule has 0 radical (unpaired) electrons. The smallest absolute Gasteiger partial charge is 0.325 e. The summed E-state index contributed by atoms with van der Waals surface area (Å²) < 4.78 is 1.16. The van der Waals surface area contributed by atoms with Gasteiger partial charge in [0.2, 0.25) is 5.91 Å². The zero-order valence-corrected chi connectivity index (χ0v) is 20.2. The maximum Gasteiger partial charge on any atom is 0.325 e. The zero-order valence-electron chi connectivity index (χ0n) is 19.4. The molecule has 8 heteroatoms. The van der Waals surface area contributed by atoms with Crippen molar-refractivity contribution in [2.24, 2.45) is 0 Å². The average Bonchev–Trinajstić information content (AvgIpc) is 3.34.